The molecule has 1 aliphatic heterocycles. The second-order valence-corrected chi connectivity index (χ2v) is 13.5. The van der Waals surface area contributed by atoms with E-state index in [4.69, 9.17) is 9.47 Å². The molecular formula is C34H41N3O6S. The van der Waals surface area contributed by atoms with Crippen LogP contribution in [0.1, 0.15) is 48.8 Å². The zero-order valence-corrected chi connectivity index (χ0v) is 26.2. The Morgan fingerprint density at radius 3 is 2.30 bits per heavy atom. The van der Waals surface area contributed by atoms with Crippen molar-refractivity contribution in [1.82, 2.24) is 10.2 Å². The number of amides is 2. The molecule has 1 N–H and O–H groups in total. The number of ether oxygens (including phenoxy) is 2. The smallest absolute Gasteiger partial charge is 0.244 e. The average Bonchev–Trinajstić information content (AvgIpc) is 3.02. The lowest BCUT2D eigenvalue weighted by atomic mass is 9.94. The summed E-state index contributed by atoms with van der Waals surface area (Å²) in [5.74, 6) is 0.227. The van der Waals surface area contributed by atoms with Crippen LogP contribution >= 0.6 is 0 Å². The molecule has 5 rings (SSSR count). The fraction of sp³-hybridized carbons (Fsp3) is 0.412. The molecular weight excluding hydrogens is 578 g/mol. The summed E-state index contributed by atoms with van der Waals surface area (Å²) in [6.45, 7) is 2.38. The molecule has 0 aromatic heterocycles. The van der Waals surface area contributed by atoms with Crippen LogP contribution in [0, 0.1) is 6.92 Å². The molecule has 2 aliphatic rings. The van der Waals surface area contributed by atoms with E-state index >= 15 is 0 Å². The molecule has 1 fully saturated rings. The van der Waals surface area contributed by atoms with Gasteiger partial charge in [-0.3, -0.25) is 13.9 Å². The third kappa shape index (κ3) is 7.91. The van der Waals surface area contributed by atoms with Crippen LogP contribution in [0.5, 0.6) is 11.5 Å². The van der Waals surface area contributed by atoms with E-state index in [1.54, 1.807) is 23.1 Å². The number of hydrogen-bond donors (Lipinski definition) is 1. The van der Waals surface area contributed by atoms with Gasteiger partial charge in [0.05, 0.1) is 11.9 Å². The summed E-state index contributed by atoms with van der Waals surface area (Å²) in [5, 5.41) is 3.23. The topological polar surface area (TPSA) is 105 Å². The normalized spacial score (nSPS) is 15.7. The molecule has 9 nitrogen and oxygen atoms in total. The Hall–Kier alpha value is -4.05. The molecule has 44 heavy (non-hydrogen) atoms. The van der Waals surface area contributed by atoms with Crippen LogP contribution in [-0.2, 0) is 32.6 Å². The predicted molar refractivity (Wildman–Crippen MR) is 170 cm³/mol. The monoisotopic (exact) mass is 619 g/mol. The Labute approximate surface area is 260 Å². The highest BCUT2D eigenvalue weighted by atomic mass is 32.2. The van der Waals surface area contributed by atoms with E-state index in [1.807, 2.05) is 61.5 Å². The van der Waals surface area contributed by atoms with Crippen LogP contribution in [-0.4, -0.2) is 63.2 Å². The highest BCUT2D eigenvalue weighted by molar-refractivity contribution is 7.92. The van der Waals surface area contributed by atoms with Gasteiger partial charge in [-0.1, -0.05) is 73.9 Å². The first-order valence-electron chi connectivity index (χ1n) is 15.2. The summed E-state index contributed by atoms with van der Waals surface area (Å²) in [7, 11) is -3.89. The van der Waals surface area contributed by atoms with Crippen LogP contribution in [0.25, 0.3) is 0 Å². The van der Waals surface area contributed by atoms with Gasteiger partial charge < -0.3 is 19.7 Å². The zero-order valence-electron chi connectivity index (χ0n) is 25.4. The van der Waals surface area contributed by atoms with Crippen molar-refractivity contribution in [3.05, 3.63) is 89.5 Å². The number of carbonyl (C=O) groups excluding carboxylic acids is 2. The zero-order chi connectivity index (χ0) is 31.1. The lowest BCUT2D eigenvalue weighted by Gasteiger charge is -2.35. The summed E-state index contributed by atoms with van der Waals surface area (Å²) in [6, 6.07) is 21.4. The summed E-state index contributed by atoms with van der Waals surface area (Å²) in [4.78, 5) is 30.0. The standard InChI is InChI=1S/C34H41N3O6S/c1-25-11-9-10-14-27(25)23-36(30(21-26-12-5-3-6-13-26)34(39)35-28-15-7-4-8-16-28)33(38)24-37(44(2,40)41)29-17-18-31-32(22-29)43-20-19-42-31/h3,5-6,9-14,17-18,22,28,30H,4,7-8,15-16,19-21,23-24H2,1-2H3,(H,35,39)/t30-/m0/s1. The van der Waals surface area contributed by atoms with E-state index in [2.05, 4.69) is 5.32 Å². The molecule has 3 aromatic rings. The third-order valence-corrected chi connectivity index (χ3v) is 9.46. The fourth-order valence-electron chi connectivity index (χ4n) is 5.87. The van der Waals surface area contributed by atoms with Gasteiger partial charge in [-0.05, 0) is 48.6 Å². The van der Waals surface area contributed by atoms with E-state index in [0.29, 0.717) is 31.1 Å². The van der Waals surface area contributed by atoms with Crippen molar-refractivity contribution in [2.75, 3.05) is 30.3 Å². The second-order valence-electron chi connectivity index (χ2n) is 11.6. The van der Waals surface area contributed by atoms with Gasteiger partial charge in [0.1, 0.15) is 25.8 Å². The van der Waals surface area contributed by atoms with Crippen LogP contribution in [0.2, 0.25) is 0 Å². The van der Waals surface area contributed by atoms with Gasteiger partial charge in [-0.25, -0.2) is 8.42 Å². The van der Waals surface area contributed by atoms with Crippen LogP contribution in [0.3, 0.4) is 0 Å². The quantitative estimate of drug-likeness (QED) is 0.336. The Morgan fingerprint density at radius 1 is 0.909 bits per heavy atom. The van der Waals surface area contributed by atoms with E-state index in [1.165, 1.54) is 0 Å². The summed E-state index contributed by atoms with van der Waals surface area (Å²) < 4.78 is 38.6. The molecule has 1 saturated carbocycles. The number of anilines is 1. The molecule has 10 heteroatoms. The minimum absolute atomic E-state index is 0.0511. The van der Waals surface area contributed by atoms with Gasteiger partial charge in [0.2, 0.25) is 21.8 Å². The number of benzene rings is 3. The maximum Gasteiger partial charge on any atom is 0.244 e. The lowest BCUT2D eigenvalue weighted by Crippen LogP contribution is -2.55. The van der Waals surface area contributed by atoms with Gasteiger partial charge in [0, 0.05) is 25.1 Å². The number of aryl methyl sites for hydroxylation is 1. The van der Waals surface area contributed by atoms with Gasteiger partial charge in [-0.2, -0.15) is 0 Å². The van der Waals surface area contributed by atoms with Crippen LogP contribution in [0.4, 0.5) is 5.69 Å². The Bertz CT molecular complexity index is 1560. The van der Waals surface area contributed by atoms with Crippen molar-refractivity contribution in [2.45, 2.75) is 64.1 Å². The molecule has 0 saturated heterocycles. The lowest BCUT2D eigenvalue weighted by molar-refractivity contribution is -0.140. The highest BCUT2D eigenvalue weighted by Gasteiger charge is 2.34. The first-order chi connectivity index (χ1) is 21.2. The van der Waals surface area contributed by atoms with Gasteiger partial charge >= 0.3 is 0 Å². The highest BCUT2D eigenvalue weighted by Crippen LogP contribution is 2.35. The number of fused-ring (bicyclic) bond motifs is 1. The molecule has 1 heterocycles. The van der Waals surface area contributed by atoms with E-state index in [9.17, 15) is 18.0 Å². The molecule has 1 atom stereocenters. The molecule has 3 aromatic carbocycles. The van der Waals surface area contributed by atoms with E-state index in [0.717, 1.165) is 59.4 Å². The van der Waals surface area contributed by atoms with Crippen LogP contribution in [0.15, 0.2) is 72.8 Å². The first kappa shape index (κ1) is 31.4. The maximum absolute atomic E-state index is 14.4. The van der Waals surface area contributed by atoms with Crippen LogP contribution < -0.4 is 19.1 Å². The van der Waals surface area contributed by atoms with Gasteiger partial charge in [0.15, 0.2) is 11.5 Å². The van der Waals surface area contributed by atoms with Crippen molar-refractivity contribution in [3.63, 3.8) is 0 Å². The summed E-state index contributed by atoms with van der Waals surface area (Å²) in [6.07, 6.45) is 6.43. The first-order valence-corrected chi connectivity index (χ1v) is 17.1. The number of rotatable bonds is 11. The third-order valence-electron chi connectivity index (χ3n) is 8.32. The van der Waals surface area contributed by atoms with Gasteiger partial charge in [-0.15, -0.1) is 0 Å². The molecule has 0 bridgehead atoms. The van der Waals surface area contributed by atoms with E-state index < -0.39 is 28.5 Å². The Kier molecular flexibility index (Phi) is 10.1. The molecule has 1 aliphatic carbocycles. The predicted octanol–water partition coefficient (Wildman–Crippen LogP) is 4.62. The number of nitrogens with zero attached hydrogens (tertiary/aromatic N) is 2. The maximum atomic E-state index is 14.4. The molecule has 0 unspecified atom stereocenters. The Balaban J connectivity index is 1.51. The van der Waals surface area contributed by atoms with Crippen molar-refractivity contribution in [3.8, 4) is 11.5 Å². The van der Waals surface area contributed by atoms with Gasteiger partial charge in [0.25, 0.3) is 0 Å². The molecule has 234 valence electrons. The van der Waals surface area contributed by atoms with Crippen molar-refractivity contribution >= 4 is 27.5 Å². The van der Waals surface area contributed by atoms with Crippen molar-refractivity contribution in [2.24, 2.45) is 0 Å². The molecule has 0 spiro atoms. The Morgan fingerprint density at radius 2 is 1.59 bits per heavy atom. The van der Waals surface area contributed by atoms with E-state index in [-0.39, 0.29) is 24.2 Å². The average molecular weight is 620 g/mol. The second kappa shape index (κ2) is 14.2. The fourth-order valence-corrected chi connectivity index (χ4v) is 6.71. The number of hydrogen-bond acceptors (Lipinski definition) is 6. The summed E-state index contributed by atoms with van der Waals surface area (Å²) >= 11 is 0. The largest absolute Gasteiger partial charge is 0.486 e. The summed E-state index contributed by atoms with van der Waals surface area (Å²) in [5.41, 5.74) is 3.05. The number of carbonyl (C=O) groups is 2. The minimum Gasteiger partial charge on any atom is -0.486 e. The molecule has 0 radical (unpaired) electrons. The number of nitrogens with one attached hydrogen (secondary N) is 1. The van der Waals surface area contributed by atoms with Crippen molar-refractivity contribution < 1.29 is 27.5 Å². The van der Waals surface area contributed by atoms with Crippen molar-refractivity contribution in [1.29, 1.82) is 0 Å². The number of sulfonamides is 1. The SMILES string of the molecule is Cc1ccccc1CN(C(=O)CN(c1ccc2c(c1)OCCO2)S(C)(=O)=O)[C@@H](Cc1ccccc1)C(=O)NC1CCCCC1. The molecule has 2 amide bonds. The minimum atomic E-state index is -3.89.